The highest BCUT2D eigenvalue weighted by atomic mass is 16.5. The number of benzene rings is 2. The SMILES string of the molecule is CCc1ccc2c(-c3ccc(=O)n(CCCn4nnc5ccccc54)n3)ccc(OC)c2n1. The Kier molecular flexibility index (Phi) is 5.56. The van der Waals surface area contributed by atoms with Crippen molar-refractivity contribution in [2.45, 2.75) is 32.9 Å². The van der Waals surface area contributed by atoms with E-state index in [9.17, 15) is 4.79 Å². The predicted molar refractivity (Wildman–Crippen MR) is 127 cm³/mol. The first-order chi connectivity index (χ1) is 16.2. The molecule has 0 radical (unpaired) electrons. The standard InChI is InChI=1S/C25H24N6O2/c1-3-17-9-10-19-18(11-13-23(33-2)25(19)26-17)20-12-14-24(32)31(28-20)16-6-15-30-22-8-5-4-7-21(22)27-29-30/h4-5,7-14H,3,6,15-16H2,1-2H3. The number of methoxy groups -OCH3 is 1. The topological polar surface area (TPSA) is 87.7 Å². The van der Waals surface area contributed by atoms with E-state index in [0.717, 1.165) is 51.1 Å². The first-order valence-electron chi connectivity index (χ1n) is 11.0. The van der Waals surface area contributed by atoms with Crippen molar-refractivity contribution >= 4 is 21.9 Å². The lowest BCUT2D eigenvalue weighted by molar-refractivity contribution is 0.419. The van der Waals surface area contributed by atoms with E-state index in [-0.39, 0.29) is 5.56 Å². The van der Waals surface area contributed by atoms with Crippen LogP contribution in [-0.2, 0) is 19.5 Å². The van der Waals surface area contributed by atoms with Crippen molar-refractivity contribution in [3.63, 3.8) is 0 Å². The van der Waals surface area contributed by atoms with Crippen molar-refractivity contribution in [2.75, 3.05) is 7.11 Å². The maximum absolute atomic E-state index is 12.5. The quantitative estimate of drug-likeness (QED) is 0.382. The highest BCUT2D eigenvalue weighted by Crippen LogP contribution is 2.32. The van der Waals surface area contributed by atoms with Gasteiger partial charge in [-0.15, -0.1) is 5.10 Å². The van der Waals surface area contributed by atoms with Gasteiger partial charge in [0.1, 0.15) is 16.8 Å². The first kappa shape index (κ1) is 20.8. The summed E-state index contributed by atoms with van der Waals surface area (Å²) >= 11 is 0. The summed E-state index contributed by atoms with van der Waals surface area (Å²) in [5.41, 5.74) is 5.14. The smallest absolute Gasteiger partial charge is 0.266 e. The van der Waals surface area contributed by atoms with Crippen LogP contribution in [0, 0.1) is 0 Å². The molecule has 0 aliphatic rings. The monoisotopic (exact) mass is 440 g/mol. The minimum Gasteiger partial charge on any atom is -0.494 e. The Morgan fingerprint density at radius 3 is 2.64 bits per heavy atom. The van der Waals surface area contributed by atoms with Gasteiger partial charge in [0, 0.05) is 35.8 Å². The summed E-state index contributed by atoms with van der Waals surface area (Å²) in [6.07, 6.45) is 1.54. The van der Waals surface area contributed by atoms with Gasteiger partial charge in [0.05, 0.1) is 18.3 Å². The summed E-state index contributed by atoms with van der Waals surface area (Å²) in [7, 11) is 1.64. The van der Waals surface area contributed by atoms with E-state index in [2.05, 4.69) is 22.3 Å². The molecule has 0 bridgehead atoms. The Balaban J connectivity index is 1.44. The van der Waals surface area contributed by atoms with Crippen LogP contribution < -0.4 is 10.3 Å². The van der Waals surface area contributed by atoms with Crippen LogP contribution in [0.25, 0.3) is 33.2 Å². The molecule has 0 spiro atoms. The zero-order valence-electron chi connectivity index (χ0n) is 18.6. The number of aryl methyl sites for hydroxylation is 3. The van der Waals surface area contributed by atoms with Gasteiger partial charge in [-0.25, -0.2) is 14.3 Å². The molecule has 3 heterocycles. The molecule has 3 aromatic heterocycles. The number of para-hydroxylation sites is 1. The molecule has 0 unspecified atom stereocenters. The Morgan fingerprint density at radius 1 is 0.939 bits per heavy atom. The van der Waals surface area contributed by atoms with E-state index in [0.29, 0.717) is 19.5 Å². The molecule has 0 N–H and O–H groups in total. The zero-order valence-corrected chi connectivity index (χ0v) is 18.6. The molecule has 33 heavy (non-hydrogen) atoms. The number of hydrogen-bond acceptors (Lipinski definition) is 6. The second-order valence-electron chi connectivity index (χ2n) is 7.80. The van der Waals surface area contributed by atoms with E-state index in [1.165, 1.54) is 4.68 Å². The fourth-order valence-corrected chi connectivity index (χ4v) is 4.02. The van der Waals surface area contributed by atoms with E-state index >= 15 is 0 Å². The number of aromatic nitrogens is 6. The summed E-state index contributed by atoms with van der Waals surface area (Å²) < 4.78 is 8.90. The average molecular weight is 441 g/mol. The molecule has 166 valence electrons. The van der Waals surface area contributed by atoms with Crippen molar-refractivity contribution in [3.8, 4) is 17.0 Å². The molecule has 0 saturated carbocycles. The molecule has 0 atom stereocenters. The van der Waals surface area contributed by atoms with Gasteiger partial charge in [-0.2, -0.15) is 5.10 Å². The largest absolute Gasteiger partial charge is 0.494 e. The van der Waals surface area contributed by atoms with Crippen LogP contribution >= 0.6 is 0 Å². The Bertz CT molecular complexity index is 1500. The van der Waals surface area contributed by atoms with Crippen LogP contribution in [0.5, 0.6) is 5.75 Å². The van der Waals surface area contributed by atoms with Gasteiger partial charge in [0.25, 0.3) is 5.56 Å². The molecule has 0 aliphatic carbocycles. The maximum Gasteiger partial charge on any atom is 0.266 e. The van der Waals surface area contributed by atoms with Crippen molar-refractivity contribution < 1.29 is 4.74 Å². The lowest BCUT2D eigenvalue weighted by Gasteiger charge is -2.12. The van der Waals surface area contributed by atoms with Crippen LogP contribution in [-0.4, -0.2) is 36.9 Å². The molecule has 5 rings (SSSR count). The molecule has 0 fully saturated rings. The second-order valence-corrected chi connectivity index (χ2v) is 7.80. The van der Waals surface area contributed by atoms with E-state index in [4.69, 9.17) is 9.72 Å². The van der Waals surface area contributed by atoms with E-state index < -0.39 is 0 Å². The zero-order chi connectivity index (χ0) is 22.8. The third kappa shape index (κ3) is 3.95. The van der Waals surface area contributed by atoms with Gasteiger partial charge in [-0.1, -0.05) is 30.3 Å². The van der Waals surface area contributed by atoms with E-state index in [1.54, 1.807) is 19.2 Å². The summed E-state index contributed by atoms with van der Waals surface area (Å²) in [5, 5.41) is 14.0. The van der Waals surface area contributed by atoms with E-state index in [1.807, 2.05) is 53.2 Å². The Hall–Kier alpha value is -4.07. The molecule has 2 aromatic carbocycles. The lowest BCUT2D eigenvalue weighted by atomic mass is 10.0. The molecule has 0 saturated heterocycles. The number of rotatable bonds is 7. The normalized spacial score (nSPS) is 11.3. The Labute approximate surface area is 190 Å². The molecule has 5 aromatic rings. The van der Waals surface area contributed by atoms with Gasteiger partial charge in [-0.05, 0) is 49.2 Å². The van der Waals surface area contributed by atoms with Crippen LogP contribution in [0.4, 0.5) is 0 Å². The molecule has 0 aliphatic heterocycles. The molecule has 8 heteroatoms. The molecular formula is C25H24N6O2. The summed E-state index contributed by atoms with van der Waals surface area (Å²) in [6, 6.07) is 19.1. The number of hydrogen-bond donors (Lipinski definition) is 0. The first-order valence-corrected chi connectivity index (χ1v) is 11.0. The third-order valence-electron chi connectivity index (χ3n) is 5.76. The fourth-order valence-electron chi connectivity index (χ4n) is 4.02. The van der Waals surface area contributed by atoms with Crippen LogP contribution in [0.15, 0.2) is 65.5 Å². The van der Waals surface area contributed by atoms with Crippen LogP contribution in [0.2, 0.25) is 0 Å². The third-order valence-corrected chi connectivity index (χ3v) is 5.76. The number of pyridine rings is 1. The summed E-state index contributed by atoms with van der Waals surface area (Å²) in [6.45, 7) is 3.20. The highest BCUT2D eigenvalue weighted by Gasteiger charge is 2.13. The average Bonchev–Trinajstić information content (AvgIpc) is 3.27. The minimum absolute atomic E-state index is 0.133. The molecule has 8 nitrogen and oxygen atoms in total. The number of nitrogens with zero attached hydrogens (tertiary/aromatic N) is 6. The van der Waals surface area contributed by atoms with Crippen molar-refractivity contribution in [3.05, 3.63) is 76.7 Å². The predicted octanol–water partition coefficient (Wildman–Crippen LogP) is 3.86. The van der Waals surface area contributed by atoms with Crippen LogP contribution in [0.3, 0.4) is 0 Å². The van der Waals surface area contributed by atoms with Gasteiger partial charge >= 0.3 is 0 Å². The van der Waals surface area contributed by atoms with Crippen molar-refractivity contribution in [2.24, 2.45) is 0 Å². The molecular weight excluding hydrogens is 416 g/mol. The van der Waals surface area contributed by atoms with Gasteiger partial charge < -0.3 is 4.74 Å². The van der Waals surface area contributed by atoms with Crippen LogP contribution in [0.1, 0.15) is 19.0 Å². The maximum atomic E-state index is 12.5. The van der Waals surface area contributed by atoms with Gasteiger partial charge in [0.15, 0.2) is 0 Å². The lowest BCUT2D eigenvalue weighted by Crippen LogP contribution is -2.23. The van der Waals surface area contributed by atoms with Gasteiger partial charge in [-0.3, -0.25) is 4.79 Å². The number of ether oxygens (including phenoxy) is 1. The second kappa shape index (κ2) is 8.82. The fraction of sp³-hybridized carbons (Fsp3) is 0.240. The summed E-state index contributed by atoms with van der Waals surface area (Å²) in [5.74, 6) is 0.720. The van der Waals surface area contributed by atoms with Gasteiger partial charge in [0.2, 0.25) is 0 Å². The van der Waals surface area contributed by atoms with Crippen molar-refractivity contribution in [1.29, 1.82) is 0 Å². The minimum atomic E-state index is -0.133. The summed E-state index contributed by atoms with van der Waals surface area (Å²) in [4.78, 5) is 17.2. The number of fused-ring (bicyclic) bond motifs is 2. The molecule has 0 amide bonds. The highest BCUT2D eigenvalue weighted by molar-refractivity contribution is 5.97. The Morgan fingerprint density at radius 2 is 1.79 bits per heavy atom. The van der Waals surface area contributed by atoms with Crippen molar-refractivity contribution in [1.82, 2.24) is 29.8 Å².